The molecule has 128 valence electrons. The molecule has 3 heterocycles. The number of nitrogens with one attached hydrogen (secondary N) is 2. The number of aromatic amines is 1. The van der Waals surface area contributed by atoms with Crippen molar-refractivity contribution in [2.75, 3.05) is 13.1 Å². The number of fused-ring (bicyclic) bond motifs is 2. The summed E-state index contributed by atoms with van der Waals surface area (Å²) >= 11 is 0. The maximum absolute atomic E-state index is 12.7. The number of rotatable bonds is 1. The first-order valence-electron chi connectivity index (χ1n) is 8.73. The number of H-pyrrole nitrogens is 1. The van der Waals surface area contributed by atoms with E-state index in [1.165, 1.54) is 10.9 Å². The Morgan fingerprint density at radius 3 is 2.88 bits per heavy atom. The van der Waals surface area contributed by atoms with Crippen LogP contribution in [0.4, 0.5) is 4.79 Å². The van der Waals surface area contributed by atoms with Gasteiger partial charge in [0.05, 0.1) is 6.04 Å². The highest BCUT2D eigenvalue weighted by Crippen LogP contribution is 2.39. The van der Waals surface area contributed by atoms with Crippen LogP contribution in [0.25, 0.3) is 10.9 Å². The van der Waals surface area contributed by atoms with Crippen LogP contribution in [0.5, 0.6) is 0 Å². The van der Waals surface area contributed by atoms with E-state index in [9.17, 15) is 4.79 Å². The van der Waals surface area contributed by atoms with E-state index < -0.39 is 5.60 Å². The van der Waals surface area contributed by atoms with E-state index in [4.69, 9.17) is 4.74 Å². The van der Waals surface area contributed by atoms with Crippen molar-refractivity contribution in [1.82, 2.24) is 15.2 Å². The number of carbonyl (C=O) groups excluding carboxylic acids is 1. The van der Waals surface area contributed by atoms with Gasteiger partial charge in [-0.05, 0) is 38.8 Å². The van der Waals surface area contributed by atoms with Gasteiger partial charge in [0.15, 0.2) is 0 Å². The maximum Gasteiger partial charge on any atom is 0.410 e. The minimum atomic E-state index is -0.461. The molecule has 2 aliphatic rings. The maximum atomic E-state index is 12.7. The van der Waals surface area contributed by atoms with Gasteiger partial charge in [0.2, 0.25) is 0 Å². The van der Waals surface area contributed by atoms with Gasteiger partial charge in [-0.1, -0.05) is 18.2 Å². The second kappa shape index (κ2) is 5.52. The molecule has 4 rings (SSSR count). The average Bonchev–Trinajstić information content (AvgIpc) is 3.18. The van der Waals surface area contributed by atoms with Gasteiger partial charge in [-0.3, -0.25) is 0 Å². The molecule has 1 aromatic heterocycles. The Morgan fingerprint density at radius 2 is 2.08 bits per heavy atom. The standard InChI is InChI=1S/C19H25N3O2/c1-19(2,3)24-18(23)22-9-8-16-17(22)14(11-21-16)13-10-20-15-7-5-4-6-12(13)15/h4-7,10,14,16-17,20-21H,8-9,11H2,1-3H3/t14-,16+,17+/m0/s1. The minimum Gasteiger partial charge on any atom is -0.444 e. The molecule has 1 aromatic carbocycles. The highest BCUT2D eigenvalue weighted by molar-refractivity contribution is 5.84. The predicted octanol–water partition coefficient (Wildman–Crippen LogP) is 3.23. The normalized spacial score (nSPS) is 26.8. The van der Waals surface area contributed by atoms with Crippen molar-refractivity contribution in [1.29, 1.82) is 0 Å². The summed E-state index contributed by atoms with van der Waals surface area (Å²) in [5.74, 6) is 0.293. The Labute approximate surface area is 142 Å². The molecule has 2 saturated heterocycles. The van der Waals surface area contributed by atoms with Gasteiger partial charge in [0.1, 0.15) is 5.60 Å². The molecule has 2 N–H and O–H groups in total. The van der Waals surface area contributed by atoms with Crippen molar-refractivity contribution in [3.63, 3.8) is 0 Å². The molecule has 3 atom stereocenters. The molecule has 0 saturated carbocycles. The van der Waals surface area contributed by atoms with Crippen LogP contribution in [-0.4, -0.2) is 46.8 Å². The SMILES string of the molecule is CC(C)(C)OC(=O)N1CC[C@H]2NC[C@@H](c3c[nH]c4ccccc34)[C@H]21. The summed E-state index contributed by atoms with van der Waals surface area (Å²) in [7, 11) is 0. The van der Waals surface area contributed by atoms with Crippen molar-refractivity contribution in [2.45, 2.75) is 50.8 Å². The van der Waals surface area contributed by atoms with Crippen molar-refractivity contribution >= 4 is 17.0 Å². The fourth-order valence-electron chi connectivity index (χ4n) is 4.16. The van der Waals surface area contributed by atoms with Crippen LogP contribution in [0.1, 0.15) is 38.7 Å². The molecule has 0 unspecified atom stereocenters. The van der Waals surface area contributed by atoms with Gasteiger partial charge in [-0.25, -0.2) is 4.79 Å². The Morgan fingerprint density at radius 1 is 1.29 bits per heavy atom. The quantitative estimate of drug-likeness (QED) is 0.845. The van der Waals surface area contributed by atoms with E-state index >= 15 is 0 Å². The lowest BCUT2D eigenvalue weighted by atomic mass is 9.91. The first-order chi connectivity index (χ1) is 11.4. The summed E-state index contributed by atoms with van der Waals surface area (Å²) in [4.78, 5) is 17.9. The summed E-state index contributed by atoms with van der Waals surface area (Å²) in [6.45, 7) is 7.42. The van der Waals surface area contributed by atoms with E-state index in [0.29, 0.717) is 12.0 Å². The fraction of sp³-hybridized carbons (Fsp3) is 0.526. The first kappa shape index (κ1) is 15.5. The number of carbonyl (C=O) groups is 1. The van der Waals surface area contributed by atoms with E-state index in [1.807, 2.05) is 31.7 Å². The number of aromatic nitrogens is 1. The molecule has 0 aliphatic carbocycles. The topological polar surface area (TPSA) is 57.4 Å². The summed E-state index contributed by atoms with van der Waals surface area (Å²) < 4.78 is 5.63. The zero-order valence-corrected chi connectivity index (χ0v) is 14.5. The third-order valence-electron chi connectivity index (χ3n) is 5.11. The van der Waals surface area contributed by atoms with E-state index in [-0.39, 0.29) is 12.1 Å². The summed E-state index contributed by atoms with van der Waals surface area (Å²) in [5.41, 5.74) is 1.98. The van der Waals surface area contributed by atoms with Crippen molar-refractivity contribution in [3.05, 3.63) is 36.0 Å². The molecule has 2 fully saturated rings. The third-order valence-corrected chi connectivity index (χ3v) is 5.11. The van der Waals surface area contributed by atoms with Gasteiger partial charge in [0.25, 0.3) is 0 Å². The number of hydrogen-bond acceptors (Lipinski definition) is 3. The van der Waals surface area contributed by atoms with Crippen LogP contribution in [0, 0.1) is 0 Å². The zero-order valence-electron chi connectivity index (χ0n) is 14.5. The number of benzene rings is 1. The second-order valence-electron chi connectivity index (χ2n) is 7.86. The number of nitrogens with zero attached hydrogens (tertiary/aromatic N) is 1. The lowest BCUT2D eigenvalue weighted by Crippen LogP contribution is -2.44. The van der Waals surface area contributed by atoms with Crippen LogP contribution in [0.15, 0.2) is 30.5 Å². The smallest absolute Gasteiger partial charge is 0.410 e. The minimum absolute atomic E-state index is 0.166. The van der Waals surface area contributed by atoms with E-state index in [0.717, 1.165) is 25.0 Å². The molecule has 2 aliphatic heterocycles. The van der Waals surface area contributed by atoms with Crippen LogP contribution in [0.2, 0.25) is 0 Å². The largest absolute Gasteiger partial charge is 0.444 e. The van der Waals surface area contributed by atoms with Gasteiger partial charge >= 0.3 is 6.09 Å². The van der Waals surface area contributed by atoms with Crippen LogP contribution in [0.3, 0.4) is 0 Å². The molecule has 5 nitrogen and oxygen atoms in total. The Bertz CT molecular complexity index is 761. The van der Waals surface area contributed by atoms with Crippen LogP contribution >= 0.6 is 0 Å². The molecule has 24 heavy (non-hydrogen) atoms. The molecule has 0 bridgehead atoms. The lowest BCUT2D eigenvalue weighted by Gasteiger charge is -2.31. The average molecular weight is 327 g/mol. The Hall–Kier alpha value is -2.01. The van der Waals surface area contributed by atoms with Gasteiger partial charge < -0.3 is 19.9 Å². The van der Waals surface area contributed by atoms with Crippen molar-refractivity contribution < 1.29 is 9.53 Å². The lowest BCUT2D eigenvalue weighted by molar-refractivity contribution is 0.0215. The second-order valence-corrected chi connectivity index (χ2v) is 7.86. The zero-order chi connectivity index (χ0) is 16.9. The van der Waals surface area contributed by atoms with Crippen molar-refractivity contribution in [3.8, 4) is 0 Å². The van der Waals surface area contributed by atoms with Gasteiger partial charge in [0, 0.05) is 42.1 Å². The molecular formula is C19H25N3O2. The number of ether oxygens (including phenoxy) is 1. The van der Waals surface area contributed by atoms with Crippen LogP contribution in [-0.2, 0) is 4.74 Å². The number of para-hydroxylation sites is 1. The monoisotopic (exact) mass is 327 g/mol. The number of likely N-dealkylation sites (tertiary alicyclic amines) is 1. The van der Waals surface area contributed by atoms with E-state index in [2.05, 4.69) is 34.7 Å². The number of hydrogen-bond donors (Lipinski definition) is 2. The van der Waals surface area contributed by atoms with Gasteiger partial charge in [-0.15, -0.1) is 0 Å². The first-order valence-corrected chi connectivity index (χ1v) is 8.73. The van der Waals surface area contributed by atoms with Gasteiger partial charge in [-0.2, -0.15) is 0 Å². The Kier molecular flexibility index (Phi) is 3.57. The molecule has 0 spiro atoms. The van der Waals surface area contributed by atoms with Crippen molar-refractivity contribution in [2.24, 2.45) is 0 Å². The Balaban J connectivity index is 1.64. The number of amides is 1. The summed E-state index contributed by atoms with van der Waals surface area (Å²) in [5, 5.41) is 4.86. The molecule has 1 amide bonds. The molecule has 0 radical (unpaired) electrons. The summed E-state index contributed by atoms with van der Waals surface area (Å²) in [6.07, 6.45) is 2.90. The fourth-order valence-corrected chi connectivity index (χ4v) is 4.16. The molecular weight excluding hydrogens is 302 g/mol. The van der Waals surface area contributed by atoms with E-state index in [1.54, 1.807) is 0 Å². The molecule has 5 heteroatoms. The highest BCUT2D eigenvalue weighted by Gasteiger charge is 2.48. The van der Waals surface area contributed by atoms with Crippen LogP contribution < -0.4 is 5.32 Å². The predicted molar refractivity (Wildman–Crippen MR) is 94.2 cm³/mol. The highest BCUT2D eigenvalue weighted by atomic mass is 16.6. The summed E-state index contributed by atoms with van der Waals surface area (Å²) in [6, 6.07) is 8.89. The third kappa shape index (κ3) is 2.57. The molecule has 2 aromatic rings.